The Morgan fingerprint density at radius 3 is 2.30 bits per heavy atom. The van der Waals surface area contributed by atoms with Gasteiger partial charge in [-0.3, -0.25) is 4.32 Å². The van der Waals surface area contributed by atoms with Crippen LogP contribution in [0.3, 0.4) is 0 Å². The molecule has 0 saturated carbocycles. The Balaban J connectivity index is 3.47. The molecule has 0 atom stereocenters. The van der Waals surface area contributed by atoms with Gasteiger partial charge in [-0.25, -0.2) is 0 Å². The van der Waals surface area contributed by atoms with Crippen LogP contribution in [-0.2, 0) is 9.31 Å². The molecule has 0 radical (unpaired) electrons. The van der Waals surface area contributed by atoms with Gasteiger partial charge in [0.05, 0.1) is 0 Å². The summed E-state index contributed by atoms with van der Waals surface area (Å²) in [5, 5.41) is 0. The summed E-state index contributed by atoms with van der Waals surface area (Å²) in [6.07, 6.45) is -3.48. The van der Waals surface area contributed by atoms with E-state index in [0.717, 1.165) is 0 Å². The zero-order chi connectivity index (χ0) is 8.20. The highest BCUT2D eigenvalue weighted by molar-refractivity contribution is 6.35. The van der Waals surface area contributed by atoms with Crippen molar-refractivity contribution in [2.45, 2.75) is 20.0 Å². The predicted octanol–water partition coefficient (Wildman–Crippen LogP) is 1.61. The van der Waals surface area contributed by atoms with Crippen LogP contribution in [0.1, 0.15) is 13.8 Å². The van der Waals surface area contributed by atoms with Crippen molar-refractivity contribution in [3.05, 3.63) is 0 Å². The Morgan fingerprint density at radius 2 is 2.00 bits per heavy atom. The lowest BCUT2D eigenvalue weighted by Gasteiger charge is -2.11. The molecule has 0 bridgehead atoms. The van der Waals surface area contributed by atoms with Crippen LogP contribution in [0.5, 0.6) is 0 Å². The Morgan fingerprint density at radius 1 is 1.50 bits per heavy atom. The predicted molar refractivity (Wildman–Crippen MR) is 30.2 cm³/mol. The molecule has 0 aromatic carbocycles. The molecule has 0 amide bonds. The molecule has 0 aromatic rings. The lowest BCUT2D eigenvalue weighted by Crippen LogP contribution is -2.27. The van der Waals surface area contributed by atoms with Crippen molar-refractivity contribution in [2.24, 2.45) is 0 Å². The summed E-state index contributed by atoms with van der Waals surface area (Å²) in [4.78, 5) is 0. The first-order chi connectivity index (χ1) is 4.45. The highest BCUT2D eigenvalue weighted by Gasteiger charge is 2.32. The third-order valence-corrected chi connectivity index (χ3v) is 0.597. The van der Waals surface area contributed by atoms with E-state index >= 15 is 0 Å². The standard InChI is InChI=1S/C4H8BF3O2/c1-3-9-5(8)10-4(2,6)7/h3H2,1-2H3. The highest BCUT2D eigenvalue weighted by Crippen LogP contribution is 2.15. The van der Waals surface area contributed by atoms with Crippen molar-refractivity contribution < 1.29 is 22.4 Å². The minimum absolute atomic E-state index is 0.00273. The molecular weight excluding hydrogens is 148 g/mol. The van der Waals surface area contributed by atoms with Gasteiger partial charge in [0, 0.05) is 13.5 Å². The average molecular weight is 156 g/mol. The SMILES string of the molecule is CCOB(F)OC(C)(F)F. The number of hydrogen-bond acceptors (Lipinski definition) is 2. The van der Waals surface area contributed by atoms with E-state index in [9.17, 15) is 13.1 Å². The molecule has 0 fully saturated rings. The minimum Gasteiger partial charge on any atom is -0.383 e. The first kappa shape index (κ1) is 9.77. The second-order valence-corrected chi connectivity index (χ2v) is 1.66. The van der Waals surface area contributed by atoms with Crippen LogP contribution in [0.25, 0.3) is 0 Å². The maximum atomic E-state index is 12.0. The smallest absolute Gasteiger partial charge is 0.383 e. The summed E-state index contributed by atoms with van der Waals surface area (Å²) in [5.41, 5.74) is 0. The van der Waals surface area contributed by atoms with Gasteiger partial charge < -0.3 is 9.31 Å². The van der Waals surface area contributed by atoms with Crippen molar-refractivity contribution >= 4 is 7.40 Å². The maximum absolute atomic E-state index is 12.0. The molecule has 0 aliphatic heterocycles. The van der Waals surface area contributed by atoms with E-state index in [1.807, 2.05) is 0 Å². The second-order valence-electron chi connectivity index (χ2n) is 1.66. The number of alkyl halides is 2. The van der Waals surface area contributed by atoms with Crippen molar-refractivity contribution in [1.29, 1.82) is 0 Å². The molecular formula is C4H8BF3O2. The average Bonchev–Trinajstić information content (AvgIpc) is 1.59. The zero-order valence-corrected chi connectivity index (χ0v) is 5.73. The van der Waals surface area contributed by atoms with Gasteiger partial charge in [-0.2, -0.15) is 8.78 Å². The maximum Gasteiger partial charge on any atom is 0.684 e. The van der Waals surface area contributed by atoms with Crippen LogP contribution in [-0.4, -0.2) is 20.1 Å². The lowest BCUT2D eigenvalue weighted by molar-refractivity contribution is -0.178. The molecule has 0 heterocycles. The Hall–Kier alpha value is -0.225. The molecule has 0 rings (SSSR count). The van der Waals surface area contributed by atoms with E-state index in [-0.39, 0.29) is 6.61 Å². The normalized spacial score (nSPS) is 11.7. The van der Waals surface area contributed by atoms with Crippen molar-refractivity contribution in [3.63, 3.8) is 0 Å². The first-order valence-electron chi connectivity index (χ1n) is 2.77. The minimum atomic E-state index is -3.48. The van der Waals surface area contributed by atoms with Crippen molar-refractivity contribution in [2.75, 3.05) is 6.61 Å². The molecule has 0 aliphatic rings. The summed E-state index contributed by atoms with van der Waals surface area (Å²) in [5.74, 6) is 0. The second kappa shape index (κ2) is 3.83. The van der Waals surface area contributed by atoms with E-state index in [2.05, 4.69) is 9.31 Å². The van der Waals surface area contributed by atoms with E-state index in [1.165, 1.54) is 6.92 Å². The van der Waals surface area contributed by atoms with Gasteiger partial charge in [-0.1, -0.05) is 0 Å². The Bertz CT molecular complexity index is 95.0. The summed E-state index contributed by atoms with van der Waals surface area (Å²) < 4.78 is 43.0. The number of halogens is 3. The number of hydrogen-bond donors (Lipinski definition) is 0. The van der Waals surface area contributed by atoms with Crippen LogP contribution in [0.4, 0.5) is 13.1 Å². The molecule has 0 unspecified atom stereocenters. The van der Waals surface area contributed by atoms with Crippen LogP contribution in [0.2, 0.25) is 0 Å². The summed E-state index contributed by atoms with van der Waals surface area (Å²) in [6.45, 7) is 1.92. The largest absolute Gasteiger partial charge is 0.684 e. The van der Waals surface area contributed by atoms with E-state index < -0.39 is 13.5 Å². The van der Waals surface area contributed by atoms with E-state index in [1.54, 1.807) is 0 Å². The molecule has 0 N–H and O–H groups in total. The monoisotopic (exact) mass is 156 g/mol. The van der Waals surface area contributed by atoms with E-state index in [4.69, 9.17) is 0 Å². The molecule has 0 aromatic heterocycles. The fourth-order valence-electron chi connectivity index (χ4n) is 0.328. The fraction of sp³-hybridized carbons (Fsp3) is 1.00. The molecule has 0 spiro atoms. The molecule has 0 aliphatic carbocycles. The van der Waals surface area contributed by atoms with Crippen molar-refractivity contribution in [1.82, 2.24) is 0 Å². The van der Waals surface area contributed by atoms with Gasteiger partial charge in [0.2, 0.25) is 0 Å². The van der Waals surface area contributed by atoms with Crippen LogP contribution in [0.15, 0.2) is 0 Å². The van der Waals surface area contributed by atoms with Gasteiger partial charge in [0.25, 0.3) is 0 Å². The van der Waals surface area contributed by atoms with Gasteiger partial charge in [0.1, 0.15) is 0 Å². The van der Waals surface area contributed by atoms with Gasteiger partial charge in [0.15, 0.2) is 0 Å². The van der Waals surface area contributed by atoms with Crippen LogP contribution < -0.4 is 0 Å². The molecule has 60 valence electrons. The number of rotatable bonds is 4. The van der Waals surface area contributed by atoms with Gasteiger partial charge in [-0.15, -0.1) is 0 Å². The molecule has 10 heavy (non-hydrogen) atoms. The Labute approximate surface area is 57.5 Å². The third-order valence-electron chi connectivity index (χ3n) is 0.597. The zero-order valence-electron chi connectivity index (χ0n) is 5.73. The molecule has 0 saturated heterocycles. The quantitative estimate of drug-likeness (QED) is 0.575. The fourth-order valence-corrected chi connectivity index (χ4v) is 0.328. The summed E-state index contributed by atoms with van der Waals surface area (Å²) in [7, 11) is -2.34. The highest BCUT2D eigenvalue weighted by atomic mass is 19.3. The third kappa shape index (κ3) is 5.90. The topological polar surface area (TPSA) is 18.5 Å². The van der Waals surface area contributed by atoms with Gasteiger partial charge in [-0.05, 0) is 6.92 Å². The van der Waals surface area contributed by atoms with Gasteiger partial charge >= 0.3 is 13.5 Å². The van der Waals surface area contributed by atoms with Crippen molar-refractivity contribution in [3.8, 4) is 0 Å². The molecule has 2 nitrogen and oxygen atoms in total. The lowest BCUT2D eigenvalue weighted by atomic mass is 10.3. The van der Waals surface area contributed by atoms with E-state index in [0.29, 0.717) is 6.92 Å². The molecule has 6 heteroatoms. The van der Waals surface area contributed by atoms with Crippen LogP contribution >= 0.6 is 0 Å². The van der Waals surface area contributed by atoms with Crippen LogP contribution in [0, 0.1) is 0 Å². The Kier molecular flexibility index (Phi) is 3.74. The summed E-state index contributed by atoms with van der Waals surface area (Å²) in [6, 6.07) is 0. The first-order valence-corrected chi connectivity index (χ1v) is 2.77. The summed E-state index contributed by atoms with van der Waals surface area (Å²) >= 11 is 0.